The zero-order valence-electron chi connectivity index (χ0n) is 28.8. The van der Waals surface area contributed by atoms with Crippen molar-refractivity contribution < 1.29 is 90.4 Å². The van der Waals surface area contributed by atoms with Crippen molar-refractivity contribution in [1.82, 2.24) is 30.2 Å². The van der Waals surface area contributed by atoms with Crippen LogP contribution in [0.1, 0.15) is 39.3 Å². The Kier molecular flexibility index (Phi) is 16.4. The quantitative estimate of drug-likeness (QED) is 0.0426. The summed E-state index contributed by atoms with van der Waals surface area (Å²) < 4.78 is 61.9. The third-order valence-electron chi connectivity index (χ3n) is 7.30. The van der Waals surface area contributed by atoms with Crippen LogP contribution in [0.4, 0.5) is 5.82 Å². The minimum atomic E-state index is -5.59. The lowest BCUT2D eigenvalue weighted by Gasteiger charge is -2.30. The van der Waals surface area contributed by atoms with Crippen LogP contribution < -0.4 is 21.5 Å². The number of fused-ring (bicyclic) bond motifs is 1. The van der Waals surface area contributed by atoms with Crippen molar-refractivity contribution in [3.05, 3.63) is 12.7 Å². The van der Waals surface area contributed by atoms with Gasteiger partial charge in [-0.05, 0) is 6.42 Å². The van der Waals surface area contributed by atoms with Gasteiger partial charge in [0.1, 0.15) is 36.3 Å². The molecule has 0 radical (unpaired) electrons. The average molecular weight is 867 g/mol. The number of carboxylic acids is 1. The molecule has 30 heteroatoms. The predicted octanol–water partition coefficient (Wildman–Crippen LogP) is -2.81. The molecule has 55 heavy (non-hydrogen) atoms. The van der Waals surface area contributed by atoms with E-state index in [2.05, 4.69) is 34.4 Å². The van der Waals surface area contributed by atoms with E-state index in [1.165, 1.54) is 13.8 Å². The maximum Gasteiger partial charge on any atom is 0.481 e. The van der Waals surface area contributed by atoms with Crippen molar-refractivity contribution in [2.45, 2.75) is 63.8 Å². The lowest BCUT2D eigenvalue weighted by Crippen LogP contribution is -2.46. The second-order valence-electron chi connectivity index (χ2n) is 12.2. The number of aliphatic carboxylic acids is 1. The van der Waals surface area contributed by atoms with E-state index in [1.54, 1.807) is 0 Å². The fraction of sp³-hybridized carbons (Fsp3) is 0.640. The van der Waals surface area contributed by atoms with Crippen molar-refractivity contribution in [2.75, 3.05) is 37.8 Å². The number of nitrogen functional groups attached to an aromatic ring is 1. The van der Waals surface area contributed by atoms with Gasteiger partial charge in [0.2, 0.25) is 11.8 Å². The van der Waals surface area contributed by atoms with E-state index < -0.39 is 102 Å². The van der Waals surface area contributed by atoms with Crippen molar-refractivity contribution in [3.63, 3.8) is 0 Å². The SMILES string of the molecule is CC(C)(COP(=O)(O)OP(=O)(O)OC[C@H]1O[C@@H](n2cnc3c(N)ncnc32)[C@H](O)[C@@H]1OP(=O)(O)O)[C@@H](O)C(=O)NCCC(=O)NCCSC(=O)CCC(=O)[O-]. The second-order valence-corrected chi connectivity index (χ2v) is 17.5. The second kappa shape index (κ2) is 19.5. The molecule has 1 saturated heterocycles. The predicted molar refractivity (Wildman–Crippen MR) is 181 cm³/mol. The number of imidazole rings is 1. The van der Waals surface area contributed by atoms with Crippen molar-refractivity contribution in [3.8, 4) is 0 Å². The molecule has 2 aromatic heterocycles. The minimum Gasteiger partial charge on any atom is -0.550 e. The molecule has 2 unspecified atom stereocenters. The number of amides is 2. The first kappa shape index (κ1) is 46.4. The molecule has 0 aromatic carbocycles. The van der Waals surface area contributed by atoms with Crippen LogP contribution in [0, 0.1) is 5.41 Å². The fourth-order valence-corrected chi connectivity index (χ4v) is 8.08. The maximum atomic E-state index is 12.6. The van der Waals surface area contributed by atoms with E-state index >= 15 is 0 Å². The monoisotopic (exact) mass is 866 g/mol. The summed E-state index contributed by atoms with van der Waals surface area (Å²) >= 11 is 0.821. The number of hydrogen-bond acceptors (Lipinski definition) is 20. The molecular weight excluding hydrogens is 827 g/mol. The molecule has 1 aliphatic rings. The van der Waals surface area contributed by atoms with E-state index in [0.717, 1.165) is 29.0 Å². The highest BCUT2D eigenvalue weighted by Gasteiger charge is 2.50. The molecule has 3 rings (SSSR count). The molecule has 10 N–H and O–H groups in total. The zero-order valence-corrected chi connectivity index (χ0v) is 32.3. The van der Waals surface area contributed by atoms with Crippen LogP contribution >= 0.6 is 35.2 Å². The summed E-state index contributed by atoms with van der Waals surface area (Å²) in [7, 11) is -16.4. The van der Waals surface area contributed by atoms with Gasteiger partial charge in [0.15, 0.2) is 22.8 Å². The molecular formula is C25H39N7O19P3S-. The highest BCUT2D eigenvalue weighted by molar-refractivity contribution is 8.13. The zero-order chi connectivity index (χ0) is 41.4. The van der Waals surface area contributed by atoms with Crippen molar-refractivity contribution in [1.29, 1.82) is 0 Å². The van der Waals surface area contributed by atoms with Crippen LogP contribution in [0.3, 0.4) is 0 Å². The van der Waals surface area contributed by atoms with Gasteiger partial charge in [0.25, 0.3) is 0 Å². The van der Waals surface area contributed by atoms with Gasteiger partial charge in [-0.1, -0.05) is 25.6 Å². The molecule has 0 bridgehead atoms. The number of ether oxygens (including phenoxy) is 1. The molecule has 310 valence electrons. The number of carbonyl (C=O) groups excluding carboxylic acids is 4. The van der Waals surface area contributed by atoms with Gasteiger partial charge in [-0.2, -0.15) is 4.31 Å². The first-order valence-electron chi connectivity index (χ1n) is 15.7. The Morgan fingerprint density at radius 2 is 1.71 bits per heavy atom. The molecule has 2 aromatic rings. The molecule has 0 spiro atoms. The average Bonchev–Trinajstić information content (AvgIpc) is 3.63. The summed E-state index contributed by atoms with van der Waals surface area (Å²) in [6.45, 7) is 0.178. The molecule has 7 atom stereocenters. The van der Waals surface area contributed by atoms with E-state index in [-0.39, 0.29) is 48.7 Å². The number of nitrogens with one attached hydrogen (secondary N) is 2. The first-order chi connectivity index (χ1) is 25.4. The number of aliphatic hydroxyl groups excluding tert-OH is 2. The van der Waals surface area contributed by atoms with E-state index in [1.807, 2.05) is 0 Å². The Morgan fingerprint density at radius 1 is 1.04 bits per heavy atom. The van der Waals surface area contributed by atoms with E-state index in [9.17, 15) is 67.8 Å². The number of rotatable bonds is 22. The van der Waals surface area contributed by atoms with Crippen LogP contribution in [0.25, 0.3) is 11.2 Å². The third kappa shape index (κ3) is 14.5. The minimum absolute atomic E-state index is 0.0184. The molecule has 26 nitrogen and oxygen atoms in total. The standard InChI is InChI=1S/C25H40N7O19P3S/c1-25(2,20(38)23(39)28-6-5-14(33)27-7-8-55-16(36)4-3-15(34)35)10-48-54(45,46)51-53(43,44)47-9-13-19(50-52(40,41)42)18(37)24(49-13)32-12-31-17-21(26)29-11-30-22(17)32/h11-13,18-20,24,37-38H,3-10H2,1-2H3,(H,27,33)(H,28,39)(H,34,35)(H,43,44)(H,45,46)(H2,26,29,30)(H2,40,41,42)/p-1/t13-,18-,19-,20+,24-/m1/s1. The lowest BCUT2D eigenvalue weighted by molar-refractivity contribution is -0.305. The van der Waals surface area contributed by atoms with Gasteiger partial charge in [-0.15, -0.1) is 0 Å². The third-order valence-corrected chi connectivity index (χ3v) is 11.3. The van der Waals surface area contributed by atoms with Gasteiger partial charge in [0, 0.05) is 43.1 Å². The normalized spacial score (nSPS) is 21.7. The molecule has 0 saturated carbocycles. The smallest absolute Gasteiger partial charge is 0.481 e. The Hall–Kier alpha value is -2.97. The van der Waals surface area contributed by atoms with E-state index in [4.69, 9.17) is 19.5 Å². The van der Waals surface area contributed by atoms with Crippen LogP contribution in [0.2, 0.25) is 0 Å². The Bertz CT molecular complexity index is 1850. The molecule has 3 heterocycles. The Morgan fingerprint density at radius 3 is 2.36 bits per heavy atom. The number of phosphoric ester groups is 3. The van der Waals surface area contributed by atoms with Crippen molar-refractivity contribution >= 4 is 75.1 Å². The van der Waals surface area contributed by atoms with Crippen LogP contribution in [0.15, 0.2) is 12.7 Å². The molecule has 2 amide bonds. The summed E-state index contributed by atoms with van der Waals surface area (Å²) in [6.07, 6.45) is -7.75. The lowest BCUT2D eigenvalue weighted by atomic mass is 9.87. The summed E-state index contributed by atoms with van der Waals surface area (Å²) in [4.78, 5) is 97.2. The number of hydrogen-bond donors (Lipinski definition) is 9. The van der Waals surface area contributed by atoms with Crippen LogP contribution in [-0.4, -0.2) is 129 Å². The Balaban J connectivity index is 1.49. The molecule has 1 fully saturated rings. The largest absolute Gasteiger partial charge is 0.550 e. The van der Waals surface area contributed by atoms with Gasteiger partial charge in [-0.25, -0.2) is 28.6 Å². The van der Waals surface area contributed by atoms with Crippen molar-refractivity contribution in [2.24, 2.45) is 5.41 Å². The topological polar surface area (TPSA) is 404 Å². The first-order valence-corrected chi connectivity index (χ1v) is 21.2. The summed E-state index contributed by atoms with van der Waals surface area (Å²) in [6, 6.07) is 0. The van der Waals surface area contributed by atoms with E-state index in [0.29, 0.717) is 0 Å². The molecule has 0 aliphatic carbocycles. The molecule has 1 aliphatic heterocycles. The number of thioether (sulfide) groups is 1. The Labute approximate surface area is 314 Å². The highest BCUT2D eigenvalue weighted by atomic mass is 32.2. The number of carboxylic acid groups (broad SMARTS) is 1. The number of anilines is 1. The van der Waals surface area contributed by atoms with Gasteiger partial charge in [-0.3, -0.25) is 32.5 Å². The number of nitrogens with two attached hydrogens (primary N) is 1. The van der Waals surface area contributed by atoms with Gasteiger partial charge < -0.3 is 60.8 Å². The van der Waals surface area contributed by atoms with Crippen LogP contribution in [0.5, 0.6) is 0 Å². The fourth-order valence-electron chi connectivity index (χ4n) is 4.57. The maximum absolute atomic E-state index is 12.6. The summed E-state index contributed by atoms with van der Waals surface area (Å²) in [5.41, 5.74) is 4.19. The number of aromatic nitrogens is 4. The number of carbonyl (C=O) groups is 4. The number of nitrogens with zero attached hydrogens (tertiary/aromatic N) is 4. The van der Waals surface area contributed by atoms with Gasteiger partial charge in [0.05, 0.1) is 19.5 Å². The van der Waals surface area contributed by atoms with Crippen LogP contribution in [-0.2, 0) is 55.5 Å². The number of phosphoric acid groups is 3. The highest BCUT2D eigenvalue weighted by Crippen LogP contribution is 2.61. The summed E-state index contributed by atoms with van der Waals surface area (Å²) in [5.74, 6) is -2.80. The van der Waals surface area contributed by atoms with Gasteiger partial charge >= 0.3 is 23.5 Å². The number of aliphatic hydroxyl groups is 2. The summed E-state index contributed by atoms with van der Waals surface area (Å²) in [5, 5.41) is 36.1.